The number of benzene rings is 1. The fourth-order valence-corrected chi connectivity index (χ4v) is 3.50. The lowest BCUT2D eigenvalue weighted by Gasteiger charge is -2.28. The van der Waals surface area contributed by atoms with E-state index in [0.717, 1.165) is 17.6 Å². The van der Waals surface area contributed by atoms with Crippen LogP contribution >= 0.6 is 0 Å². The first-order chi connectivity index (χ1) is 10.3. The fraction of sp³-hybridized carbons (Fsp3) is 0.600. The van der Waals surface area contributed by atoms with Crippen molar-refractivity contribution in [2.24, 2.45) is 11.8 Å². The average Bonchev–Trinajstić information content (AvgIpc) is 2.53. The van der Waals surface area contributed by atoms with Gasteiger partial charge in [0.1, 0.15) is 12.4 Å². The molecule has 1 aromatic rings. The summed E-state index contributed by atoms with van der Waals surface area (Å²) in [6.45, 7) is 6.56. The van der Waals surface area contributed by atoms with Gasteiger partial charge in [-0.05, 0) is 42.4 Å². The predicted octanol–water partition coefficient (Wildman–Crippen LogP) is 5.79. The maximum absolute atomic E-state index is 5.52. The van der Waals surface area contributed by atoms with Gasteiger partial charge in [-0.1, -0.05) is 70.2 Å². The molecule has 0 amide bonds. The molecular formula is C20H30O. The second kappa shape index (κ2) is 8.92. The smallest absolute Gasteiger partial charge is 0.119 e. The van der Waals surface area contributed by atoms with Gasteiger partial charge in [-0.25, -0.2) is 0 Å². The second-order valence-corrected chi connectivity index (χ2v) is 6.46. The monoisotopic (exact) mass is 286 g/mol. The van der Waals surface area contributed by atoms with Gasteiger partial charge in [-0.15, -0.1) is 0 Å². The maximum atomic E-state index is 5.52. The van der Waals surface area contributed by atoms with E-state index in [1.807, 2.05) is 0 Å². The molecule has 1 aliphatic rings. The molecule has 0 N–H and O–H groups in total. The summed E-state index contributed by atoms with van der Waals surface area (Å²) in [4.78, 5) is 0. The van der Waals surface area contributed by atoms with Crippen LogP contribution in [0.3, 0.4) is 0 Å². The van der Waals surface area contributed by atoms with Crippen molar-refractivity contribution in [3.63, 3.8) is 0 Å². The molecule has 1 nitrogen and oxygen atoms in total. The zero-order valence-electron chi connectivity index (χ0n) is 13.5. The van der Waals surface area contributed by atoms with Crippen molar-refractivity contribution < 1.29 is 4.74 Å². The van der Waals surface area contributed by atoms with Crippen LogP contribution < -0.4 is 4.74 Å². The summed E-state index contributed by atoms with van der Waals surface area (Å²) in [5, 5.41) is 0. The molecule has 0 heterocycles. The molecule has 1 saturated carbocycles. The Morgan fingerprint density at radius 2 is 1.67 bits per heavy atom. The summed E-state index contributed by atoms with van der Waals surface area (Å²) in [6, 6.07) is 8.58. The van der Waals surface area contributed by atoms with Gasteiger partial charge in [-0.2, -0.15) is 0 Å². The third kappa shape index (κ3) is 5.57. The van der Waals surface area contributed by atoms with E-state index in [2.05, 4.69) is 37.8 Å². The highest BCUT2D eigenvalue weighted by Crippen LogP contribution is 2.33. The van der Waals surface area contributed by atoms with Crippen molar-refractivity contribution in [1.29, 1.82) is 0 Å². The first kappa shape index (κ1) is 16.1. The van der Waals surface area contributed by atoms with E-state index >= 15 is 0 Å². The summed E-state index contributed by atoms with van der Waals surface area (Å²) in [7, 11) is 0. The Bertz CT molecular complexity index is 398. The van der Waals surface area contributed by atoms with Gasteiger partial charge in [-0.3, -0.25) is 0 Å². The van der Waals surface area contributed by atoms with Gasteiger partial charge in [0.2, 0.25) is 0 Å². The van der Waals surface area contributed by atoms with E-state index in [1.54, 1.807) is 6.08 Å². The van der Waals surface area contributed by atoms with E-state index in [0.29, 0.717) is 6.61 Å². The third-order valence-corrected chi connectivity index (χ3v) is 4.80. The molecule has 1 heteroatoms. The Labute approximate surface area is 130 Å². The molecule has 1 aromatic carbocycles. The Morgan fingerprint density at radius 3 is 2.24 bits per heavy atom. The van der Waals surface area contributed by atoms with Crippen molar-refractivity contribution in [1.82, 2.24) is 0 Å². The summed E-state index contributed by atoms with van der Waals surface area (Å²) in [5.41, 5.74) is 1.44. The number of hydrogen-bond acceptors (Lipinski definition) is 1. The minimum atomic E-state index is 0.584. The zero-order valence-corrected chi connectivity index (χ0v) is 13.5. The van der Waals surface area contributed by atoms with Gasteiger partial charge >= 0.3 is 0 Å². The molecule has 0 saturated heterocycles. The molecule has 0 spiro atoms. The van der Waals surface area contributed by atoms with E-state index in [4.69, 9.17) is 4.74 Å². The molecule has 1 aliphatic carbocycles. The van der Waals surface area contributed by atoms with E-state index in [-0.39, 0.29) is 0 Å². The molecule has 116 valence electrons. The van der Waals surface area contributed by atoms with Crippen LogP contribution in [0.2, 0.25) is 0 Å². The summed E-state index contributed by atoms with van der Waals surface area (Å²) in [5.74, 6) is 2.92. The topological polar surface area (TPSA) is 9.23 Å². The lowest BCUT2D eigenvalue weighted by Crippen LogP contribution is -2.15. The molecule has 0 aromatic heterocycles. The van der Waals surface area contributed by atoms with Crippen molar-refractivity contribution >= 4 is 0 Å². The highest BCUT2D eigenvalue weighted by atomic mass is 16.5. The predicted molar refractivity (Wildman–Crippen MR) is 90.8 cm³/mol. The molecule has 21 heavy (non-hydrogen) atoms. The van der Waals surface area contributed by atoms with Crippen LogP contribution in [0.15, 0.2) is 36.9 Å². The summed E-state index contributed by atoms with van der Waals surface area (Å²) < 4.78 is 5.52. The SMILES string of the molecule is C=CCOc1ccc(CCC2CCC(CCC)CC2)cc1. The van der Waals surface area contributed by atoms with Gasteiger partial charge in [0.25, 0.3) is 0 Å². The first-order valence-corrected chi connectivity index (χ1v) is 8.64. The van der Waals surface area contributed by atoms with Crippen LogP contribution in [0, 0.1) is 11.8 Å². The van der Waals surface area contributed by atoms with Crippen molar-refractivity contribution in [2.75, 3.05) is 6.61 Å². The van der Waals surface area contributed by atoms with Crippen LogP contribution in [0.4, 0.5) is 0 Å². The quantitative estimate of drug-likeness (QED) is 0.549. The second-order valence-electron chi connectivity index (χ2n) is 6.46. The first-order valence-electron chi connectivity index (χ1n) is 8.64. The molecule has 0 atom stereocenters. The maximum Gasteiger partial charge on any atom is 0.119 e. The van der Waals surface area contributed by atoms with Crippen LogP contribution in [-0.4, -0.2) is 6.61 Å². The largest absolute Gasteiger partial charge is 0.490 e. The van der Waals surface area contributed by atoms with Gasteiger partial charge < -0.3 is 4.74 Å². The van der Waals surface area contributed by atoms with Crippen molar-refractivity contribution in [3.05, 3.63) is 42.5 Å². The highest BCUT2D eigenvalue weighted by molar-refractivity contribution is 5.27. The summed E-state index contributed by atoms with van der Waals surface area (Å²) >= 11 is 0. The lowest BCUT2D eigenvalue weighted by atomic mass is 9.78. The summed E-state index contributed by atoms with van der Waals surface area (Å²) in [6.07, 6.45) is 13.0. The number of aryl methyl sites for hydroxylation is 1. The van der Waals surface area contributed by atoms with Gasteiger partial charge in [0.15, 0.2) is 0 Å². The van der Waals surface area contributed by atoms with Crippen LogP contribution in [0.1, 0.15) is 57.4 Å². The Morgan fingerprint density at radius 1 is 1.05 bits per heavy atom. The highest BCUT2D eigenvalue weighted by Gasteiger charge is 2.20. The molecule has 0 radical (unpaired) electrons. The molecule has 2 rings (SSSR count). The van der Waals surface area contributed by atoms with Gasteiger partial charge in [0, 0.05) is 0 Å². The van der Waals surface area contributed by atoms with E-state index in [1.165, 1.54) is 56.9 Å². The molecule has 0 aliphatic heterocycles. The third-order valence-electron chi connectivity index (χ3n) is 4.80. The van der Waals surface area contributed by atoms with E-state index < -0.39 is 0 Å². The average molecular weight is 286 g/mol. The lowest BCUT2D eigenvalue weighted by molar-refractivity contribution is 0.252. The number of rotatable bonds is 8. The Balaban J connectivity index is 1.70. The Kier molecular flexibility index (Phi) is 6.85. The number of ether oxygens (including phenoxy) is 1. The van der Waals surface area contributed by atoms with Crippen molar-refractivity contribution in [3.8, 4) is 5.75 Å². The minimum Gasteiger partial charge on any atom is -0.490 e. The van der Waals surface area contributed by atoms with Crippen LogP contribution in [0.25, 0.3) is 0 Å². The van der Waals surface area contributed by atoms with Crippen LogP contribution in [0.5, 0.6) is 5.75 Å². The zero-order chi connectivity index (χ0) is 14.9. The van der Waals surface area contributed by atoms with Gasteiger partial charge in [0.05, 0.1) is 0 Å². The molecular weight excluding hydrogens is 256 g/mol. The van der Waals surface area contributed by atoms with Crippen LogP contribution in [-0.2, 0) is 6.42 Å². The van der Waals surface area contributed by atoms with E-state index in [9.17, 15) is 0 Å². The standard InChI is InChI=1S/C20H30O/c1-3-5-17-6-8-18(9-7-17)10-11-19-12-14-20(15-13-19)21-16-4-2/h4,12-15,17-18H,2-3,5-11,16H2,1H3. The molecule has 0 bridgehead atoms. The fourth-order valence-electron chi connectivity index (χ4n) is 3.50. The number of hydrogen-bond donors (Lipinski definition) is 0. The Hall–Kier alpha value is -1.24. The minimum absolute atomic E-state index is 0.584. The normalized spacial score (nSPS) is 22.0. The molecule has 1 fully saturated rings. The van der Waals surface area contributed by atoms with Crippen molar-refractivity contribution in [2.45, 2.75) is 58.3 Å². The molecule has 0 unspecified atom stereocenters.